The van der Waals surface area contributed by atoms with Gasteiger partial charge in [0, 0.05) is 258 Å². The number of aryl methyl sites for hydroxylation is 2. The summed E-state index contributed by atoms with van der Waals surface area (Å²) in [4.78, 5) is 8.45. The molecule has 0 aliphatic heterocycles. The summed E-state index contributed by atoms with van der Waals surface area (Å²) in [6.45, 7) is 20.9. The van der Waals surface area contributed by atoms with Crippen molar-refractivity contribution in [3.63, 3.8) is 0 Å². The average Bonchev–Trinajstić information content (AvgIpc) is 3.44. The molecule has 0 saturated heterocycles. The van der Waals surface area contributed by atoms with Crippen molar-refractivity contribution in [2.45, 2.75) is 89.5 Å². The number of anilines is 1. The summed E-state index contributed by atoms with van der Waals surface area (Å²) in [6, 6.07) is 9.12. The number of aliphatic hydroxyl groups excluding tert-OH is 2. The Morgan fingerprint density at radius 3 is 1.00 bits per heavy atom. The molecule has 0 aromatic carbocycles. The van der Waals surface area contributed by atoms with Gasteiger partial charge >= 0.3 is 5.20 Å². The van der Waals surface area contributed by atoms with Crippen molar-refractivity contribution in [2.75, 3.05) is 19.8 Å². The van der Waals surface area contributed by atoms with Crippen LogP contribution in [0.3, 0.4) is 0 Å². The number of aliphatic hydroxyl groups is 2. The zero-order chi connectivity index (χ0) is 43.2. The number of allylic oxidation sites excluding steroid dienone is 4. The van der Waals surface area contributed by atoms with Crippen LogP contribution in [0.5, 0.6) is 0 Å². The molecule has 61 heavy (non-hydrogen) atoms. The fraction of sp³-hybridized carbons (Fsp3) is 0.485. The van der Waals surface area contributed by atoms with Crippen molar-refractivity contribution in [3.8, 4) is 30.3 Å². The number of hydrogen-bond acceptors (Lipinski definition) is 13. The second kappa shape index (κ2) is 151. The molecule has 1 rings (SSSR count). The van der Waals surface area contributed by atoms with Crippen molar-refractivity contribution >= 4 is 62.1 Å². The van der Waals surface area contributed by atoms with Gasteiger partial charge < -0.3 is 89.2 Å². The van der Waals surface area contributed by atoms with Crippen LogP contribution in [0.1, 0.15) is 88.1 Å². The average molecular weight is 1750 g/mol. The molecule has 1 heterocycles. The minimum Gasteiger partial charge on any atom is -0.606 e. The van der Waals surface area contributed by atoms with Gasteiger partial charge in [0.05, 0.1) is 12.1 Å². The summed E-state index contributed by atoms with van der Waals surface area (Å²) in [5.74, 6) is 1.66. The van der Waals surface area contributed by atoms with Crippen LogP contribution in [0.15, 0.2) is 16.7 Å². The van der Waals surface area contributed by atoms with Crippen LogP contribution in [0, 0.1) is 103 Å². The summed E-state index contributed by atoms with van der Waals surface area (Å²) in [5, 5.41) is 55.1. The predicted octanol–water partition coefficient (Wildman–Crippen LogP) is 9.14. The van der Waals surface area contributed by atoms with Gasteiger partial charge in [-0.25, -0.2) is 0 Å². The van der Waals surface area contributed by atoms with E-state index in [0.29, 0.717) is 24.2 Å². The van der Waals surface area contributed by atoms with E-state index in [-0.39, 0.29) is 270 Å². The van der Waals surface area contributed by atoms with E-state index < -0.39 is 5.20 Å². The number of nitrogens with two attached hydrogens (primary N) is 3. The van der Waals surface area contributed by atoms with Crippen molar-refractivity contribution in [1.29, 1.82) is 26.3 Å². The smallest absolute Gasteiger partial charge is 0.339 e. The molecule has 344 valence electrons. The van der Waals surface area contributed by atoms with Gasteiger partial charge in [-0.15, -0.1) is 42.5 Å². The Morgan fingerprint density at radius 2 is 0.984 bits per heavy atom. The first-order chi connectivity index (χ1) is 23.4. The van der Waals surface area contributed by atoms with E-state index in [1.54, 1.807) is 57.2 Å². The zero-order valence-corrected chi connectivity index (χ0v) is 63.7. The van der Waals surface area contributed by atoms with E-state index in [9.17, 15) is 4.57 Å². The van der Waals surface area contributed by atoms with E-state index in [1.807, 2.05) is 52.8 Å². The first-order valence-electron chi connectivity index (χ1n) is 13.5. The fourth-order valence-corrected chi connectivity index (χ4v) is 0.610. The summed E-state index contributed by atoms with van der Waals surface area (Å²) in [6.07, 6.45) is 9.98. The Labute approximate surface area is 570 Å². The first-order valence-corrected chi connectivity index (χ1v) is 18.3. The van der Waals surface area contributed by atoms with E-state index in [2.05, 4.69) is 81.1 Å². The second-order valence-corrected chi connectivity index (χ2v) is 12.7. The molecular formula is C33H62Cl4N10O5PW2Y6-7. The molecule has 10 N–H and O–H groups in total. The first kappa shape index (κ1) is 144. The molecule has 0 aliphatic carbocycles. The molecule has 15 nitrogen and oxygen atoms in total. The third kappa shape index (κ3) is 255. The number of halogens is 4. The topological polar surface area (TPSA) is 321 Å². The molecule has 6 radical (unpaired) electrons. The van der Waals surface area contributed by atoms with Gasteiger partial charge in [0.25, 0.3) is 0 Å². The van der Waals surface area contributed by atoms with E-state index >= 15 is 0 Å². The second-order valence-electron chi connectivity index (χ2n) is 5.93. The standard InChI is InChI=1S/C5H8N3.C5H6N.2C4H4NO.2C3H5N.C2H6.C2H5.CClO.2CH5N.CH4.CH3.Cl3OP.H2O.2W.6Y/c1-4-3-7-8(2)5(4)6;1-3-5(2)4-6;2*1-4(2-5)3-6;2*1-2-3-4;2*1-2;2-1-3;2*1-2;;;1-5(2,3)4;;;;;;;;;/h6H2,1-2H3;1-2H3;2*6H,1H3;2*2H2,1H3;1-2H3;1H2,2H3;;2*2H2,1H3;1H4;1H3;;1H2;;;;;;;;/q4*-1;;;;2*-1;;;;-1;;;;;;;;;;. The number of nitrogen functional groups attached to an aromatic ring is 1. The van der Waals surface area contributed by atoms with Crippen molar-refractivity contribution < 1.29 is 263 Å². The Bertz CT molecular complexity index is 1110. The van der Waals surface area contributed by atoms with Gasteiger partial charge in [-0.3, -0.25) is 10.6 Å². The van der Waals surface area contributed by atoms with Crippen LogP contribution in [0.25, 0.3) is 0 Å². The molecule has 0 fully saturated rings. The third-order valence-electron chi connectivity index (χ3n) is 2.63. The van der Waals surface area contributed by atoms with E-state index in [4.69, 9.17) is 47.1 Å². The molecule has 1 aromatic rings. The fourth-order valence-electron chi connectivity index (χ4n) is 0.610. The number of nitrogens with zero attached hydrogens (tertiary/aromatic N) is 7. The molecule has 0 aliphatic rings. The molecule has 0 spiro atoms. The molecule has 0 atom stereocenters. The SMILES string of the molecule is C.CC.CC(C#N)=[C-]O.CC(C#N)=[C-]O.CCC#N.CCC#N.CN.CN.C[C-]=C(C)C#N.Cc1[c-]nn(C)c1N.O.O=P(Cl)(Cl)Cl.O=[C-]Cl.[CH2-]C.[CH3-].[W].[W].[Y].[Y].[Y].[Y].[Y].[Y]. The number of nitriles is 5. The summed E-state index contributed by atoms with van der Waals surface area (Å²) in [7, 11) is 4.79. The minimum atomic E-state index is -3.22. The van der Waals surface area contributed by atoms with Gasteiger partial charge in [0.2, 0.25) is 0 Å². The Balaban J connectivity index is -0.0000000137. The van der Waals surface area contributed by atoms with Crippen LogP contribution < -0.4 is 17.2 Å². The Kier molecular flexibility index (Phi) is 357. The Hall–Kier alpha value is 4.22. The quantitative estimate of drug-likeness (QED) is 0.0532. The minimum absolute atomic E-state index is 0. The van der Waals surface area contributed by atoms with Crippen molar-refractivity contribution in [2.24, 2.45) is 18.5 Å². The molecule has 28 heteroatoms. The van der Waals surface area contributed by atoms with Crippen LogP contribution in [-0.2, 0) is 255 Å². The van der Waals surface area contributed by atoms with Crippen molar-refractivity contribution in [1.82, 2.24) is 9.78 Å². The maximum atomic E-state index is 9.51. The van der Waals surface area contributed by atoms with E-state index in [0.717, 1.165) is 11.3 Å². The maximum absolute atomic E-state index is 9.51. The van der Waals surface area contributed by atoms with Gasteiger partial charge in [0.15, 0.2) is 0 Å². The monoisotopic (exact) mass is 1750 g/mol. The number of rotatable bonds is 0. The van der Waals surface area contributed by atoms with Gasteiger partial charge in [-0.05, 0) is 53.6 Å². The van der Waals surface area contributed by atoms with Crippen molar-refractivity contribution in [3.05, 3.63) is 61.4 Å². The largest absolute Gasteiger partial charge is 0.606 e. The molecule has 1 aromatic heterocycles. The van der Waals surface area contributed by atoms with Gasteiger partial charge in [0.1, 0.15) is 0 Å². The maximum Gasteiger partial charge on any atom is 0.339 e. The molecule has 0 amide bonds. The molecule has 0 saturated carbocycles. The molecular weight excluding hydrogens is 1690 g/mol. The number of hydrogen-bond donors (Lipinski definition) is 5. The van der Waals surface area contributed by atoms with E-state index in [1.165, 1.54) is 27.9 Å². The van der Waals surface area contributed by atoms with Crippen LogP contribution in [-0.4, -0.2) is 45.3 Å². The Morgan fingerprint density at radius 1 is 0.803 bits per heavy atom. The number of carbonyl (C=O) groups excluding carboxylic acids is 1. The summed E-state index contributed by atoms with van der Waals surface area (Å²) < 4.78 is 11.1. The molecule has 0 unspecified atom stereocenters. The normalized spacial score (nSPS) is 6.57. The molecule has 0 bridgehead atoms. The summed E-state index contributed by atoms with van der Waals surface area (Å²) in [5.41, 5.74) is 16.4. The van der Waals surface area contributed by atoms with Crippen LogP contribution in [0.4, 0.5) is 5.82 Å². The van der Waals surface area contributed by atoms with Gasteiger partial charge in [-0.1, -0.05) is 75.3 Å². The zero-order valence-electron chi connectivity index (χ0n) is 36.9. The third-order valence-corrected chi connectivity index (χ3v) is 2.63. The van der Waals surface area contributed by atoms with Crippen LogP contribution in [0.2, 0.25) is 0 Å². The van der Waals surface area contributed by atoms with Gasteiger partial charge in [-0.2, -0.15) is 34.3 Å². The number of aromatic nitrogens is 2. The van der Waals surface area contributed by atoms with Crippen LogP contribution >= 0.6 is 50.5 Å². The predicted molar refractivity (Wildman–Crippen MR) is 224 cm³/mol. The summed E-state index contributed by atoms with van der Waals surface area (Å²) >= 11 is 18.0.